The molecule has 0 spiro atoms. The van der Waals surface area contributed by atoms with Crippen LogP contribution in [0, 0.1) is 17.5 Å². The first-order valence-corrected chi connectivity index (χ1v) is 7.30. The van der Waals surface area contributed by atoms with Gasteiger partial charge in [0.1, 0.15) is 17.5 Å². The minimum Gasteiger partial charge on any atom is -0.392 e. The molecular weight excluding hydrogens is 369 g/mol. The van der Waals surface area contributed by atoms with Crippen LogP contribution in [-0.2, 0) is 12.8 Å². The first-order chi connectivity index (χ1) is 9.88. The summed E-state index contributed by atoms with van der Waals surface area (Å²) in [6.45, 7) is 0. The largest absolute Gasteiger partial charge is 0.392 e. The third-order valence-electron chi connectivity index (χ3n) is 3.05. The first-order valence-electron chi connectivity index (χ1n) is 6.13. The Labute approximate surface area is 133 Å². The monoisotopic (exact) mass is 378 g/mol. The van der Waals surface area contributed by atoms with E-state index in [-0.39, 0.29) is 27.9 Å². The van der Waals surface area contributed by atoms with Crippen molar-refractivity contribution in [3.05, 3.63) is 68.4 Å². The van der Waals surface area contributed by atoms with E-state index in [0.29, 0.717) is 5.56 Å². The molecule has 2 rings (SSSR count). The van der Waals surface area contributed by atoms with E-state index in [9.17, 15) is 18.3 Å². The van der Waals surface area contributed by atoms with Gasteiger partial charge >= 0.3 is 0 Å². The SMILES string of the molecule is OC(Cc1ccc(F)cc1Cl)Cc1c(F)ccc(Br)c1F. The normalized spacial score (nSPS) is 12.5. The van der Waals surface area contributed by atoms with Crippen molar-refractivity contribution >= 4 is 27.5 Å². The van der Waals surface area contributed by atoms with Crippen molar-refractivity contribution in [3.63, 3.8) is 0 Å². The Morgan fingerprint density at radius 3 is 2.48 bits per heavy atom. The van der Waals surface area contributed by atoms with Crippen molar-refractivity contribution in [1.82, 2.24) is 0 Å². The fourth-order valence-corrected chi connectivity index (χ4v) is 2.62. The van der Waals surface area contributed by atoms with E-state index in [1.54, 1.807) is 0 Å². The number of aliphatic hydroxyl groups is 1. The molecule has 0 fully saturated rings. The number of hydrogen-bond acceptors (Lipinski definition) is 1. The van der Waals surface area contributed by atoms with Gasteiger partial charge in [-0.2, -0.15) is 0 Å². The van der Waals surface area contributed by atoms with Gasteiger partial charge < -0.3 is 5.11 Å². The average Bonchev–Trinajstić information content (AvgIpc) is 2.42. The van der Waals surface area contributed by atoms with E-state index < -0.39 is 23.6 Å². The zero-order valence-corrected chi connectivity index (χ0v) is 13.1. The Kier molecular flexibility index (Phi) is 5.30. The van der Waals surface area contributed by atoms with E-state index in [0.717, 1.165) is 12.1 Å². The maximum Gasteiger partial charge on any atom is 0.143 e. The molecule has 0 bridgehead atoms. The van der Waals surface area contributed by atoms with Crippen LogP contribution in [0.3, 0.4) is 0 Å². The van der Waals surface area contributed by atoms with Gasteiger partial charge in [0.2, 0.25) is 0 Å². The first kappa shape index (κ1) is 16.3. The van der Waals surface area contributed by atoms with E-state index in [1.165, 1.54) is 18.2 Å². The summed E-state index contributed by atoms with van der Waals surface area (Å²) in [7, 11) is 0. The van der Waals surface area contributed by atoms with Gasteiger partial charge in [-0.05, 0) is 45.8 Å². The number of aliphatic hydroxyl groups excluding tert-OH is 1. The molecule has 2 aromatic carbocycles. The summed E-state index contributed by atoms with van der Waals surface area (Å²) in [5.74, 6) is -1.94. The molecule has 6 heteroatoms. The Morgan fingerprint density at radius 1 is 1.10 bits per heavy atom. The molecule has 0 saturated heterocycles. The molecule has 0 heterocycles. The zero-order valence-electron chi connectivity index (χ0n) is 10.7. The molecule has 0 saturated carbocycles. The van der Waals surface area contributed by atoms with Crippen molar-refractivity contribution in [2.24, 2.45) is 0 Å². The summed E-state index contributed by atoms with van der Waals surface area (Å²) in [6, 6.07) is 6.17. The fourth-order valence-electron chi connectivity index (χ4n) is 2.01. The molecule has 0 aliphatic rings. The quantitative estimate of drug-likeness (QED) is 0.766. The lowest BCUT2D eigenvalue weighted by molar-refractivity contribution is 0.172. The smallest absolute Gasteiger partial charge is 0.143 e. The zero-order chi connectivity index (χ0) is 15.6. The molecule has 0 aliphatic heterocycles. The second kappa shape index (κ2) is 6.81. The Bertz CT molecular complexity index is 664. The summed E-state index contributed by atoms with van der Waals surface area (Å²) in [6.07, 6.45) is -1.17. The second-order valence-corrected chi connectivity index (χ2v) is 5.88. The molecule has 2 aromatic rings. The van der Waals surface area contributed by atoms with E-state index in [4.69, 9.17) is 11.6 Å². The summed E-state index contributed by atoms with van der Waals surface area (Å²) in [5, 5.41) is 10.2. The van der Waals surface area contributed by atoms with Crippen molar-refractivity contribution < 1.29 is 18.3 Å². The molecule has 112 valence electrons. The Balaban J connectivity index is 2.15. The molecule has 21 heavy (non-hydrogen) atoms. The van der Waals surface area contributed by atoms with Crippen molar-refractivity contribution in [3.8, 4) is 0 Å². The topological polar surface area (TPSA) is 20.2 Å². The highest BCUT2D eigenvalue weighted by Gasteiger charge is 2.17. The number of benzene rings is 2. The predicted molar refractivity (Wildman–Crippen MR) is 78.9 cm³/mol. The number of hydrogen-bond donors (Lipinski definition) is 1. The van der Waals surface area contributed by atoms with Gasteiger partial charge in [-0.25, -0.2) is 13.2 Å². The van der Waals surface area contributed by atoms with Gasteiger partial charge in [0.05, 0.1) is 10.6 Å². The van der Waals surface area contributed by atoms with Crippen LogP contribution in [0.25, 0.3) is 0 Å². The summed E-state index contributed by atoms with van der Waals surface area (Å²) in [4.78, 5) is 0. The molecule has 0 amide bonds. The Morgan fingerprint density at radius 2 is 1.81 bits per heavy atom. The van der Waals surface area contributed by atoms with Crippen LogP contribution in [-0.4, -0.2) is 11.2 Å². The van der Waals surface area contributed by atoms with Crippen LogP contribution < -0.4 is 0 Å². The van der Waals surface area contributed by atoms with Crippen molar-refractivity contribution in [2.45, 2.75) is 18.9 Å². The van der Waals surface area contributed by atoms with Crippen LogP contribution in [0.4, 0.5) is 13.2 Å². The number of halogens is 5. The van der Waals surface area contributed by atoms with Gasteiger partial charge in [0, 0.05) is 23.4 Å². The molecule has 1 N–H and O–H groups in total. The molecule has 0 aromatic heterocycles. The Hall–Kier alpha value is -1.04. The highest BCUT2D eigenvalue weighted by atomic mass is 79.9. The second-order valence-electron chi connectivity index (χ2n) is 4.62. The average molecular weight is 380 g/mol. The van der Waals surface area contributed by atoms with E-state index >= 15 is 0 Å². The van der Waals surface area contributed by atoms with E-state index in [2.05, 4.69) is 15.9 Å². The van der Waals surface area contributed by atoms with Gasteiger partial charge in [-0.15, -0.1) is 0 Å². The molecular formula is C15H11BrClF3O. The van der Waals surface area contributed by atoms with Gasteiger partial charge in [-0.3, -0.25) is 0 Å². The van der Waals surface area contributed by atoms with Crippen LogP contribution in [0.15, 0.2) is 34.8 Å². The highest BCUT2D eigenvalue weighted by molar-refractivity contribution is 9.10. The van der Waals surface area contributed by atoms with Crippen LogP contribution in [0.5, 0.6) is 0 Å². The summed E-state index contributed by atoms with van der Waals surface area (Å²) < 4.78 is 40.5. The maximum atomic E-state index is 13.8. The van der Waals surface area contributed by atoms with Crippen molar-refractivity contribution in [2.75, 3.05) is 0 Å². The van der Waals surface area contributed by atoms with Gasteiger partial charge in [-0.1, -0.05) is 17.7 Å². The summed E-state index contributed by atoms with van der Waals surface area (Å²) >= 11 is 8.83. The van der Waals surface area contributed by atoms with Crippen LogP contribution in [0.1, 0.15) is 11.1 Å². The van der Waals surface area contributed by atoms with Crippen molar-refractivity contribution in [1.29, 1.82) is 0 Å². The fraction of sp³-hybridized carbons (Fsp3) is 0.200. The van der Waals surface area contributed by atoms with Crippen LogP contribution in [0.2, 0.25) is 5.02 Å². The molecule has 0 aliphatic carbocycles. The van der Waals surface area contributed by atoms with Gasteiger partial charge in [0.25, 0.3) is 0 Å². The minimum atomic E-state index is -1.04. The highest BCUT2D eigenvalue weighted by Crippen LogP contribution is 2.24. The standard InChI is InChI=1S/C15H11BrClF3O/c16-12-3-4-14(19)11(15(12)20)7-10(21)5-8-1-2-9(18)6-13(8)17/h1-4,6,10,21H,5,7H2. The van der Waals surface area contributed by atoms with Crippen LogP contribution >= 0.6 is 27.5 Å². The molecule has 1 atom stereocenters. The lowest BCUT2D eigenvalue weighted by Crippen LogP contribution is -2.16. The molecule has 0 radical (unpaired) electrons. The maximum absolute atomic E-state index is 13.8. The third kappa shape index (κ3) is 3.99. The summed E-state index contributed by atoms with van der Waals surface area (Å²) in [5.41, 5.74) is 0.316. The lowest BCUT2D eigenvalue weighted by atomic mass is 10.0. The number of rotatable bonds is 4. The predicted octanol–water partition coefficient (Wildman–Crippen LogP) is 4.67. The minimum absolute atomic E-state index is 0.0739. The third-order valence-corrected chi connectivity index (χ3v) is 4.01. The molecule has 1 unspecified atom stereocenters. The van der Waals surface area contributed by atoms with E-state index in [1.807, 2.05) is 0 Å². The lowest BCUT2D eigenvalue weighted by Gasteiger charge is -2.13. The van der Waals surface area contributed by atoms with Gasteiger partial charge in [0.15, 0.2) is 0 Å². The molecule has 1 nitrogen and oxygen atoms in total.